The van der Waals surface area contributed by atoms with Crippen molar-refractivity contribution in [2.45, 2.75) is 50.4 Å². The van der Waals surface area contributed by atoms with Crippen molar-refractivity contribution >= 4 is 12.2 Å². The topological polar surface area (TPSA) is 99.1 Å². The number of pyridine rings is 1. The Morgan fingerprint density at radius 3 is 2.85 bits per heavy atom. The Bertz CT molecular complexity index is 1000. The number of aliphatic carboxylic acids is 1. The van der Waals surface area contributed by atoms with Gasteiger partial charge in [0.2, 0.25) is 0 Å². The maximum atomic E-state index is 10.9. The zero-order chi connectivity index (χ0) is 23.3. The van der Waals surface area contributed by atoms with Crippen LogP contribution in [0.15, 0.2) is 47.7 Å². The predicted octanol–water partition coefficient (Wildman–Crippen LogP) is 2.87. The summed E-state index contributed by atoms with van der Waals surface area (Å²) >= 11 is 0. The highest BCUT2D eigenvalue weighted by atomic mass is 16.7. The third-order valence-electron chi connectivity index (χ3n) is 7.19. The molecule has 1 aromatic heterocycles. The summed E-state index contributed by atoms with van der Waals surface area (Å²) in [6, 6.07) is 10.8. The number of likely N-dealkylation sites (tertiary alicyclic amines) is 1. The van der Waals surface area contributed by atoms with E-state index >= 15 is 0 Å². The molecule has 2 fully saturated rings. The number of hydrogen-bond donors (Lipinski definition) is 3. The van der Waals surface area contributed by atoms with Gasteiger partial charge in [0.15, 0.2) is 0 Å². The molecule has 3 aliphatic heterocycles. The van der Waals surface area contributed by atoms with Crippen LogP contribution in [-0.2, 0) is 16.1 Å². The average molecular weight is 464 g/mol. The Hall–Kier alpha value is -2.65. The van der Waals surface area contributed by atoms with E-state index in [0.717, 1.165) is 63.0 Å². The molecule has 8 nitrogen and oxygen atoms in total. The van der Waals surface area contributed by atoms with Gasteiger partial charge in [-0.2, -0.15) is 5.48 Å². The molecule has 0 radical (unpaired) electrons. The van der Waals surface area contributed by atoms with Crippen LogP contribution in [-0.4, -0.2) is 59.5 Å². The van der Waals surface area contributed by atoms with E-state index in [1.165, 1.54) is 11.1 Å². The molecule has 3 N–H and O–H groups in total. The zero-order valence-corrected chi connectivity index (χ0v) is 19.4. The fraction of sp³-hybridized carbons (Fsp3) is 0.500. The largest absolute Gasteiger partial charge is 0.481 e. The molecule has 0 saturated carbocycles. The molecule has 3 atom stereocenters. The summed E-state index contributed by atoms with van der Waals surface area (Å²) in [4.78, 5) is 28.2. The van der Waals surface area contributed by atoms with Crippen molar-refractivity contribution in [3.63, 3.8) is 0 Å². The molecule has 0 spiro atoms. The Balaban J connectivity index is 1.11. The molecule has 5 rings (SSSR count). The molecule has 0 bridgehead atoms. The number of aliphatic imine (C=N–C) groups is 1. The predicted molar refractivity (Wildman–Crippen MR) is 130 cm³/mol. The van der Waals surface area contributed by atoms with Gasteiger partial charge < -0.3 is 10.0 Å². The SMILES string of the molecule is O=C(O)CC1CCN(CC2CC(c3ccc(C=NC4NCCc5ccncc54)cc3)NO2)CC1. The van der Waals surface area contributed by atoms with Gasteiger partial charge in [-0.1, -0.05) is 24.3 Å². The molecule has 0 aliphatic carbocycles. The fourth-order valence-corrected chi connectivity index (χ4v) is 5.23. The fourth-order valence-electron chi connectivity index (χ4n) is 5.23. The van der Waals surface area contributed by atoms with E-state index in [1.54, 1.807) is 0 Å². The van der Waals surface area contributed by atoms with E-state index < -0.39 is 5.97 Å². The average Bonchev–Trinajstić information content (AvgIpc) is 3.32. The van der Waals surface area contributed by atoms with Gasteiger partial charge >= 0.3 is 5.97 Å². The number of piperidine rings is 1. The van der Waals surface area contributed by atoms with E-state index in [4.69, 9.17) is 14.9 Å². The minimum atomic E-state index is -0.685. The first-order valence-electron chi connectivity index (χ1n) is 12.3. The molecule has 8 heteroatoms. The number of rotatable bonds is 7. The van der Waals surface area contributed by atoms with Crippen molar-refractivity contribution < 1.29 is 14.7 Å². The smallest absolute Gasteiger partial charge is 0.303 e. The maximum absolute atomic E-state index is 10.9. The van der Waals surface area contributed by atoms with Crippen molar-refractivity contribution in [2.24, 2.45) is 10.9 Å². The molecule has 3 aliphatic rings. The van der Waals surface area contributed by atoms with Crippen molar-refractivity contribution in [3.8, 4) is 0 Å². The van der Waals surface area contributed by atoms with E-state index in [1.807, 2.05) is 18.6 Å². The summed E-state index contributed by atoms with van der Waals surface area (Å²) in [6.45, 7) is 3.71. The Morgan fingerprint density at radius 1 is 1.24 bits per heavy atom. The minimum absolute atomic E-state index is 0.0445. The van der Waals surface area contributed by atoms with Crippen LogP contribution in [0.1, 0.15) is 60.1 Å². The summed E-state index contributed by atoms with van der Waals surface area (Å²) in [5.74, 6) is -0.373. The van der Waals surface area contributed by atoms with Gasteiger partial charge in [-0.05, 0) is 67.4 Å². The van der Waals surface area contributed by atoms with Gasteiger partial charge in [-0.25, -0.2) is 0 Å². The first kappa shape index (κ1) is 23.1. The van der Waals surface area contributed by atoms with Crippen LogP contribution < -0.4 is 10.8 Å². The number of nitrogens with zero attached hydrogens (tertiary/aromatic N) is 3. The van der Waals surface area contributed by atoms with Crippen LogP contribution in [0.4, 0.5) is 0 Å². The maximum Gasteiger partial charge on any atom is 0.303 e. The molecule has 1 aromatic carbocycles. The lowest BCUT2D eigenvalue weighted by Crippen LogP contribution is -2.39. The molecule has 3 unspecified atom stereocenters. The van der Waals surface area contributed by atoms with E-state index in [2.05, 4.69) is 51.0 Å². The highest BCUT2D eigenvalue weighted by molar-refractivity contribution is 5.79. The molecule has 2 aromatic rings. The second-order valence-electron chi connectivity index (χ2n) is 9.61. The zero-order valence-electron chi connectivity index (χ0n) is 19.4. The Labute approximate surface area is 200 Å². The molecule has 0 amide bonds. The minimum Gasteiger partial charge on any atom is -0.481 e. The van der Waals surface area contributed by atoms with Gasteiger partial charge in [0.1, 0.15) is 6.17 Å². The number of fused-ring (bicyclic) bond motifs is 1. The number of aromatic nitrogens is 1. The number of carboxylic acid groups (broad SMARTS) is 1. The van der Waals surface area contributed by atoms with Crippen LogP contribution in [0.2, 0.25) is 0 Å². The van der Waals surface area contributed by atoms with Gasteiger partial charge in [0, 0.05) is 43.7 Å². The lowest BCUT2D eigenvalue weighted by molar-refractivity contribution is -0.138. The van der Waals surface area contributed by atoms with Crippen LogP contribution >= 0.6 is 0 Å². The number of carboxylic acids is 1. The van der Waals surface area contributed by atoms with E-state index in [9.17, 15) is 4.79 Å². The van der Waals surface area contributed by atoms with Crippen molar-refractivity contribution in [2.75, 3.05) is 26.2 Å². The lowest BCUT2D eigenvalue weighted by atomic mass is 9.93. The molecule has 4 heterocycles. The quantitative estimate of drug-likeness (QED) is 0.543. The highest BCUT2D eigenvalue weighted by Gasteiger charge is 2.30. The second kappa shape index (κ2) is 10.7. The van der Waals surface area contributed by atoms with Crippen LogP contribution in [0.5, 0.6) is 0 Å². The molecule has 2 saturated heterocycles. The van der Waals surface area contributed by atoms with Crippen molar-refractivity contribution in [1.29, 1.82) is 0 Å². The van der Waals surface area contributed by atoms with Crippen LogP contribution in [0.3, 0.4) is 0 Å². The normalized spacial score (nSPS) is 26.1. The van der Waals surface area contributed by atoms with E-state index in [-0.39, 0.29) is 18.3 Å². The molecule has 180 valence electrons. The third kappa shape index (κ3) is 5.70. The lowest BCUT2D eigenvalue weighted by Gasteiger charge is -2.32. The molecular formula is C26H33N5O3. The van der Waals surface area contributed by atoms with Crippen molar-refractivity contribution in [3.05, 3.63) is 65.0 Å². The number of nitrogens with one attached hydrogen (secondary N) is 2. The number of hydroxylamine groups is 1. The first-order valence-corrected chi connectivity index (χ1v) is 12.3. The summed E-state index contributed by atoms with van der Waals surface area (Å²) in [5.41, 5.74) is 7.97. The monoisotopic (exact) mass is 463 g/mol. The second-order valence-corrected chi connectivity index (χ2v) is 9.61. The summed E-state index contributed by atoms with van der Waals surface area (Å²) < 4.78 is 0. The van der Waals surface area contributed by atoms with Gasteiger partial charge in [0.05, 0.1) is 12.1 Å². The van der Waals surface area contributed by atoms with Gasteiger partial charge in [-0.3, -0.25) is 24.9 Å². The first-order chi connectivity index (χ1) is 16.6. The number of hydrogen-bond acceptors (Lipinski definition) is 7. The van der Waals surface area contributed by atoms with Gasteiger partial charge in [-0.15, -0.1) is 0 Å². The summed E-state index contributed by atoms with van der Waals surface area (Å²) in [5, 5.41) is 12.4. The summed E-state index contributed by atoms with van der Waals surface area (Å²) in [6.07, 6.45) is 9.93. The standard InChI is InChI=1S/C26H33N5O3/c32-25(33)13-18-7-11-31(12-8-18)17-22-14-24(30-34-22)21-3-1-19(2-4-21)15-29-26-23-16-27-9-5-20(23)6-10-28-26/h1-5,9,15-16,18,22,24,26,28,30H,6-8,10-14,17H2,(H,32,33). The molecular weight excluding hydrogens is 430 g/mol. The summed E-state index contributed by atoms with van der Waals surface area (Å²) in [7, 11) is 0. The van der Waals surface area contributed by atoms with Crippen LogP contribution in [0.25, 0.3) is 0 Å². The third-order valence-corrected chi connectivity index (χ3v) is 7.19. The van der Waals surface area contributed by atoms with Gasteiger partial charge in [0.25, 0.3) is 0 Å². The van der Waals surface area contributed by atoms with Crippen LogP contribution in [0, 0.1) is 5.92 Å². The number of benzene rings is 1. The van der Waals surface area contributed by atoms with Crippen molar-refractivity contribution in [1.82, 2.24) is 20.7 Å². The molecule has 34 heavy (non-hydrogen) atoms. The van der Waals surface area contributed by atoms with E-state index in [0.29, 0.717) is 12.3 Å². The highest BCUT2D eigenvalue weighted by Crippen LogP contribution is 2.28. The number of carbonyl (C=O) groups is 1. The Morgan fingerprint density at radius 2 is 2.06 bits per heavy atom. The Kier molecular flexibility index (Phi) is 7.30.